The predicted octanol–water partition coefficient (Wildman–Crippen LogP) is 3.46. The molecule has 0 aliphatic carbocycles. The smallest absolute Gasteiger partial charge is 0.307 e. The third-order valence-corrected chi connectivity index (χ3v) is 3.79. The van der Waals surface area contributed by atoms with Crippen LogP contribution in [0.25, 0.3) is 6.08 Å². The first-order chi connectivity index (χ1) is 10.4. The number of benzene rings is 2. The van der Waals surface area contributed by atoms with Gasteiger partial charge in [-0.25, -0.2) is 17.9 Å². The van der Waals surface area contributed by atoms with Gasteiger partial charge in [0.15, 0.2) is 0 Å². The van der Waals surface area contributed by atoms with Gasteiger partial charge in [0.05, 0.1) is 5.41 Å². The van der Waals surface area contributed by atoms with E-state index in [0.29, 0.717) is 16.3 Å². The highest BCUT2D eigenvalue weighted by Crippen LogP contribution is 2.13. The van der Waals surface area contributed by atoms with E-state index in [4.69, 9.17) is 11.6 Å². The lowest BCUT2D eigenvalue weighted by molar-refractivity contribution is 0.256. The summed E-state index contributed by atoms with van der Waals surface area (Å²) >= 11 is 5.72. The molecule has 0 bridgehead atoms. The maximum absolute atomic E-state index is 11.8. The SMILES string of the molecule is O=C(Nc1ccc(Cl)cc1)NS(=O)(=O)/C=C/c1ccccc1. The first kappa shape index (κ1) is 16.1. The van der Waals surface area contributed by atoms with Crippen molar-refractivity contribution in [3.05, 3.63) is 70.6 Å². The van der Waals surface area contributed by atoms with Gasteiger partial charge < -0.3 is 5.32 Å². The van der Waals surface area contributed by atoms with Crippen LogP contribution >= 0.6 is 11.6 Å². The minimum atomic E-state index is -3.88. The summed E-state index contributed by atoms with van der Waals surface area (Å²) in [5.41, 5.74) is 1.15. The molecule has 0 fully saturated rings. The molecule has 2 rings (SSSR count). The topological polar surface area (TPSA) is 75.3 Å². The van der Waals surface area contributed by atoms with Crippen LogP contribution in [0, 0.1) is 0 Å². The quantitative estimate of drug-likeness (QED) is 0.897. The summed E-state index contributed by atoms with van der Waals surface area (Å²) in [5, 5.41) is 3.85. The number of carbonyl (C=O) groups excluding carboxylic acids is 1. The monoisotopic (exact) mass is 336 g/mol. The van der Waals surface area contributed by atoms with Gasteiger partial charge in [-0.2, -0.15) is 0 Å². The molecule has 22 heavy (non-hydrogen) atoms. The van der Waals surface area contributed by atoms with E-state index < -0.39 is 16.1 Å². The summed E-state index contributed by atoms with van der Waals surface area (Å²) in [5.74, 6) is 0. The molecule has 0 atom stereocenters. The zero-order valence-electron chi connectivity index (χ0n) is 11.4. The van der Waals surface area contributed by atoms with Crippen molar-refractivity contribution in [3.8, 4) is 0 Å². The zero-order valence-corrected chi connectivity index (χ0v) is 12.9. The van der Waals surface area contributed by atoms with Crippen molar-refractivity contribution in [2.75, 3.05) is 5.32 Å². The second kappa shape index (κ2) is 7.11. The Kier molecular flexibility index (Phi) is 5.19. The Morgan fingerprint density at radius 2 is 1.64 bits per heavy atom. The number of hydrogen-bond donors (Lipinski definition) is 2. The van der Waals surface area contributed by atoms with E-state index in [-0.39, 0.29) is 0 Å². The predicted molar refractivity (Wildman–Crippen MR) is 88.0 cm³/mol. The van der Waals surface area contributed by atoms with Crippen LogP contribution in [0.4, 0.5) is 10.5 Å². The van der Waals surface area contributed by atoms with Crippen LogP contribution in [-0.2, 0) is 10.0 Å². The van der Waals surface area contributed by atoms with Gasteiger partial charge >= 0.3 is 6.03 Å². The lowest BCUT2D eigenvalue weighted by Gasteiger charge is -2.06. The van der Waals surface area contributed by atoms with E-state index in [1.165, 1.54) is 6.08 Å². The number of hydrogen-bond acceptors (Lipinski definition) is 3. The molecule has 7 heteroatoms. The minimum Gasteiger partial charge on any atom is -0.307 e. The maximum atomic E-state index is 11.8. The molecule has 2 amide bonds. The largest absolute Gasteiger partial charge is 0.333 e. The summed E-state index contributed by atoms with van der Waals surface area (Å²) < 4.78 is 25.4. The number of anilines is 1. The fourth-order valence-corrected chi connectivity index (χ4v) is 2.43. The molecule has 2 aromatic rings. The summed E-state index contributed by atoms with van der Waals surface area (Å²) in [6.45, 7) is 0. The highest BCUT2D eigenvalue weighted by molar-refractivity contribution is 7.93. The maximum Gasteiger partial charge on any atom is 0.333 e. The molecule has 0 radical (unpaired) electrons. The lowest BCUT2D eigenvalue weighted by atomic mass is 10.2. The molecule has 0 spiro atoms. The zero-order chi connectivity index (χ0) is 16.0. The van der Waals surface area contributed by atoms with E-state index in [9.17, 15) is 13.2 Å². The van der Waals surface area contributed by atoms with Crippen LogP contribution in [0.5, 0.6) is 0 Å². The second-order valence-electron chi connectivity index (χ2n) is 4.32. The molecule has 2 N–H and O–H groups in total. The van der Waals surface area contributed by atoms with Crippen LogP contribution in [0.3, 0.4) is 0 Å². The molecule has 114 valence electrons. The first-order valence-electron chi connectivity index (χ1n) is 6.27. The Bertz CT molecular complexity index is 772. The van der Waals surface area contributed by atoms with E-state index in [0.717, 1.165) is 5.41 Å². The average Bonchev–Trinajstić information content (AvgIpc) is 2.48. The van der Waals surface area contributed by atoms with Crippen LogP contribution < -0.4 is 10.0 Å². The van der Waals surface area contributed by atoms with Gasteiger partial charge in [-0.3, -0.25) is 0 Å². The van der Waals surface area contributed by atoms with E-state index >= 15 is 0 Å². The number of halogens is 1. The van der Waals surface area contributed by atoms with Gasteiger partial charge in [-0.15, -0.1) is 0 Å². The van der Waals surface area contributed by atoms with E-state index in [1.54, 1.807) is 48.5 Å². The second-order valence-corrected chi connectivity index (χ2v) is 6.32. The van der Waals surface area contributed by atoms with Crippen LogP contribution in [-0.4, -0.2) is 14.4 Å². The van der Waals surface area contributed by atoms with Gasteiger partial charge in [0.1, 0.15) is 0 Å². The third kappa shape index (κ3) is 5.23. The summed E-state index contributed by atoms with van der Waals surface area (Å²) in [6.07, 6.45) is 1.40. The normalized spacial score (nSPS) is 11.3. The fraction of sp³-hybridized carbons (Fsp3) is 0. The van der Waals surface area contributed by atoms with Crippen molar-refractivity contribution in [2.45, 2.75) is 0 Å². The van der Waals surface area contributed by atoms with Crippen molar-refractivity contribution in [1.29, 1.82) is 0 Å². The summed E-state index contributed by atoms with van der Waals surface area (Å²) in [4.78, 5) is 11.7. The minimum absolute atomic E-state index is 0.434. The van der Waals surface area contributed by atoms with Crippen LogP contribution in [0.2, 0.25) is 5.02 Å². The van der Waals surface area contributed by atoms with E-state index in [2.05, 4.69) is 5.32 Å². The van der Waals surface area contributed by atoms with Crippen molar-refractivity contribution >= 4 is 39.4 Å². The van der Waals surface area contributed by atoms with Crippen LogP contribution in [0.15, 0.2) is 60.0 Å². The Morgan fingerprint density at radius 1 is 1.00 bits per heavy atom. The molecule has 0 unspecified atom stereocenters. The van der Waals surface area contributed by atoms with Crippen molar-refractivity contribution in [3.63, 3.8) is 0 Å². The third-order valence-electron chi connectivity index (χ3n) is 2.58. The summed E-state index contributed by atoms with van der Waals surface area (Å²) in [7, 11) is -3.88. The Morgan fingerprint density at radius 3 is 2.27 bits per heavy atom. The van der Waals surface area contributed by atoms with Crippen molar-refractivity contribution in [1.82, 2.24) is 4.72 Å². The highest BCUT2D eigenvalue weighted by atomic mass is 35.5. The first-order valence-corrected chi connectivity index (χ1v) is 8.19. The van der Waals surface area contributed by atoms with Crippen molar-refractivity contribution < 1.29 is 13.2 Å². The Hall–Kier alpha value is -2.31. The number of amides is 2. The molecule has 0 aliphatic rings. The summed E-state index contributed by atoms with van der Waals surface area (Å²) in [6, 6.07) is 14.3. The average molecular weight is 337 g/mol. The van der Waals surface area contributed by atoms with Gasteiger partial charge in [0, 0.05) is 10.7 Å². The molecule has 2 aromatic carbocycles. The van der Waals surface area contributed by atoms with Gasteiger partial charge in [0.2, 0.25) is 0 Å². The van der Waals surface area contributed by atoms with Crippen molar-refractivity contribution in [2.24, 2.45) is 0 Å². The number of rotatable bonds is 4. The highest BCUT2D eigenvalue weighted by Gasteiger charge is 2.10. The molecular formula is C15H13ClN2O3S. The number of carbonyl (C=O) groups is 1. The van der Waals surface area contributed by atoms with E-state index in [1.807, 2.05) is 10.8 Å². The molecule has 0 aromatic heterocycles. The molecular weight excluding hydrogens is 324 g/mol. The molecule has 0 saturated heterocycles. The number of nitrogens with one attached hydrogen (secondary N) is 2. The van der Waals surface area contributed by atoms with Gasteiger partial charge in [-0.05, 0) is 35.9 Å². The number of sulfonamides is 1. The molecule has 0 aliphatic heterocycles. The number of urea groups is 1. The standard InChI is InChI=1S/C15H13ClN2O3S/c16-13-6-8-14(9-7-13)17-15(19)18-22(20,21)11-10-12-4-2-1-3-5-12/h1-11H,(H2,17,18,19)/b11-10+. The van der Waals surface area contributed by atoms with Gasteiger partial charge in [-0.1, -0.05) is 41.9 Å². The van der Waals surface area contributed by atoms with Gasteiger partial charge in [0.25, 0.3) is 10.0 Å². The van der Waals surface area contributed by atoms with Crippen LogP contribution in [0.1, 0.15) is 5.56 Å². The molecule has 0 saturated carbocycles. The molecule has 0 heterocycles. The lowest BCUT2D eigenvalue weighted by Crippen LogP contribution is -2.32. The Labute approximate surface area is 133 Å². The fourth-order valence-electron chi connectivity index (χ4n) is 1.59. The Balaban J connectivity index is 1.97. The molecule has 5 nitrogen and oxygen atoms in total.